The summed E-state index contributed by atoms with van der Waals surface area (Å²) in [5, 5.41) is 0. The third-order valence-corrected chi connectivity index (χ3v) is 4.71. The maximum atomic E-state index is 13.9. The zero-order valence-corrected chi connectivity index (χ0v) is 14.8. The minimum atomic E-state index is -7.93. The van der Waals surface area contributed by atoms with Crippen LogP contribution in [0.4, 0.5) is 57.1 Å². The molecule has 0 aliphatic carbocycles. The Bertz CT molecular complexity index is 652. The van der Waals surface area contributed by atoms with Gasteiger partial charge in [0.25, 0.3) is 0 Å². The van der Waals surface area contributed by atoms with Crippen molar-refractivity contribution in [1.29, 1.82) is 0 Å². The second-order valence-corrected chi connectivity index (χ2v) is 7.13. The summed E-state index contributed by atoms with van der Waals surface area (Å²) in [5.74, 6) is -38.4. The average molecular weight is 459 g/mol. The summed E-state index contributed by atoms with van der Waals surface area (Å²) >= 11 is 0. The monoisotopic (exact) mass is 459 g/mol. The first kappa shape index (κ1) is 25.6. The summed E-state index contributed by atoms with van der Waals surface area (Å²) in [7, 11) is 0. The Morgan fingerprint density at radius 3 is 1.48 bits per heavy atom. The molecule has 1 amide bonds. The Morgan fingerprint density at radius 2 is 1.14 bits per heavy atom. The molecule has 0 N–H and O–H groups in total. The van der Waals surface area contributed by atoms with E-state index in [1.807, 2.05) is 0 Å². The zero-order chi connectivity index (χ0) is 23.6. The smallest absolute Gasteiger partial charge is 0.329 e. The topological polar surface area (TPSA) is 20.1 Å². The van der Waals surface area contributed by atoms with E-state index >= 15 is 0 Å². The van der Waals surface area contributed by atoms with Crippen LogP contribution in [0.1, 0.15) is 27.2 Å². The van der Waals surface area contributed by atoms with Gasteiger partial charge in [0.1, 0.15) is 6.04 Å². The van der Waals surface area contributed by atoms with Gasteiger partial charge in [0.05, 0.1) is 0 Å². The van der Waals surface area contributed by atoms with E-state index in [2.05, 4.69) is 0 Å². The van der Waals surface area contributed by atoms with Gasteiger partial charge >= 0.3 is 35.8 Å². The molecule has 15 heteroatoms. The van der Waals surface area contributed by atoms with E-state index in [0.717, 1.165) is 13.8 Å². The first-order chi connectivity index (χ1) is 12.4. The summed E-state index contributed by atoms with van der Waals surface area (Å²) in [5.41, 5.74) is -1.45. The molecule has 0 aromatic carbocycles. The number of hydrogen-bond acceptors (Lipinski definition) is 1. The van der Waals surface area contributed by atoms with Gasteiger partial charge in [-0.15, -0.1) is 0 Å². The first-order valence-corrected chi connectivity index (χ1v) is 7.72. The fourth-order valence-electron chi connectivity index (χ4n) is 2.20. The number of amides is 1. The molecule has 2 nitrogen and oxygen atoms in total. The number of carbonyl (C=O) groups excluding carboxylic acids is 1. The van der Waals surface area contributed by atoms with Crippen molar-refractivity contribution in [3.05, 3.63) is 0 Å². The van der Waals surface area contributed by atoms with Crippen LogP contribution in [0.2, 0.25) is 0 Å². The lowest BCUT2D eigenvalue weighted by Gasteiger charge is -2.39. The summed E-state index contributed by atoms with van der Waals surface area (Å²) in [6.07, 6.45) is -7.49. The third kappa shape index (κ3) is 3.41. The number of alkyl halides is 13. The fraction of sp³-hybridized carbons (Fsp3) is 0.929. The van der Waals surface area contributed by atoms with Gasteiger partial charge in [-0.05, 0) is 6.42 Å². The summed E-state index contributed by atoms with van der Waals surface area (Å²) in [6.45, 7) is 2.38. The van der Waals surface area contributed by atoms with Gasteiger partial charge in [0.15, 0.2) is 0 Å². The molecule has 1 aliphatic heterocycles. The summed E-state index contributed by atoms with van der Waals surface area (Å²) in [4.78, 5) is 11.8. The van der Waals surface area contributed by atoms with Crippen LogP contribution in [0.25, 0.3) is 0 Å². The molecule has 29 heavy (non-hydrogen) atoms. The van der Waals surface area contributed by atoms with Gasteiger partial charge < -0.3 is 4.90 Å². The van der Waals surface area contributed by atoms with Gasteiger partial charge in [-0.25, -0.2) is 0 Å². The molecule has 1 saturated heterocycles. The maximum Gasteiger partial charge on any atom is 0.460 e. The Balaban J connectivity index is 3.34. The second kappa shape index (κ2) is 6.53. The van der Waals surface area contributed by atoms with Crippen LogP contribution in [-0.4, -0.2) is 59.2 Å². The molecule has 172 valence electrons. The van der Waals surface area contributed by atoms with Gasteiger partial charge in [0.2, 0.25) is 5.91 Å². The third-order valence-electron chi connectivity index (χ3n) is 4.71. The Hall–Kier alpha value is -1.44. The van der Waals surface area contributed by atoms with Crippen LogP contribution >= 0.6 is 0 Å². The predicted molar refractivity (Wildman–Crippen MR) is 70.4 cm³/mol. The van der Waals surface area contributed by atoms with E-state index in [1.54, 1.807) is 0 Å². The second-order valence-electron chi connectivity index (χ2n) is 7.13. The molecule has 1 unspecified atom stereocenters. The van der Waals surface area contributed by atoms with Crippen molar-refractivity contribution in [3.8, 4) is 0 Å². The molecule has 0 radical (unpaired) electrons. The van der Waals surface area contributed by atoms with Crippen LogP contribution in [-0.2, 0) is 4.79 Å². The molecular weight excluding hydrogens is 445 g/mol. The molecule has 1 aliphatic rings. The summed E-state index contributed by atoms with van der Waals surface area (Å²) in [6, 6.07) is -3.10. The van der Waals surface area contributed by atoms with Crippen molar-refractivity contribution >= 4 is 5.91 Å². The van der Waals surface area contributed by atoms with E-state index in [0.29, 0.717) is 0 Å². The molecule has 0 aromatic rings. The largest absolute Gasteiger partial charge is 0.460 e. The van der Waals surface area contributed by atoms with Crippen molar-refractivity contribution in [1.82, 2.24) is 4.90 Å². The fourth-order valence-corrected chi connectivity index (χ4v) is 2.20. The zero-order valence-electron chi connectivity index (χ0n) is 14.8. The van der Waals surface area contributed by atoms with Gasteiger partial charge in [-0.2, -0.15) is 57.1 Å². The highest BCUT2D eigenvalue weighted by atomic mass is 19.4. The minimum Gasteiger partial charge on any atom is -0.329 e. The quantitative estimate of drug-likeness (QED) is 0.370. The molecule has 1 fully saturated rings. The van der Waals surface area contributed by atoms with Gasteiger partial charge in [-0.1, -0.05) is 20.8 Å². The Kier molecular flexibility index (Phi) is 5.76. The molecule has 0 saturated carbocycles. The van der Waals surface area contributed by atoms with Crippen LogP contribution in [0.5, 0.6) is 0 Å². The predicted octanol–water partition coefficient (Wildman–Crippen LogP) is 5.37. The van der Waals surface area contributed by atoms with Crippen LogP contribution in [0.15, 0.2) is 0 Å². The van der Waals surface area contributed by atoms with E-state index in [4.69, 9.17) is 0 Å². The van der Waals surface area contributed by atoms with Crippen LogP contribution < -0.4 is 0 Å². The lowest BCUT2D eigenvalue weighted by molar-refractivity contribution is -0.440. The van der Waals surface area contributed by atoms with Gasteiger partial charge in [0, 0.05) is 12.0 Å². The Labute approximate surface area is 155 Å². The molecule has 1 heterocycles. The van der Waals surface area contributed by atoms with Crippen molar-refractivity contribution in [2.75, 3.05) is 6.54 Å². The minimum absolute atomic E-state index is 0.0386. The van der Waals surface area contributed by atoms with Crippen molar-refractivity contribution in [2.45, 2.75) is 69.0 Å². The lowest BCUT2D eigenvalue weighted by atomic mass is 9.89. The molecular formula is C14H14F13NO. The highest BCUT2D eigenvalue weighted by molar-refractivity contribution is 5.84. The van der Waals surface area contributed by atoms with Crippen molar-refractivity contribution < 1.29 is 61.9 Å². The molecule has 1 rings (SSSR count). The molecule has 0 aromatic heterocycles. The van der Waals surface area contributed by atoms with Crippen molar-refractivity contribution in [2.24, 2.45) is 5.41 Å². The number of halogens is 13. The number of nitrogens with zero attached hydrogens (tertiary/aromatic N) is 1. The van der Waals surface area contributed by atoms with E-state index in [9.17, 15) is 61.9 Å². The Morgan fingerprint density at radius 1 is 0.759 bits per heavy atom. The highest BCUT2D eigenvalue weighted by Gasteiger charge is 2.92. The number of carbonyl (C=O) groups is 1. The number of hydrogen-bond donors (Lipinski definition) is 0. The van der Waals surface area contributed by atoms with E-state index in [1.165, 1.54) is 6.92 Å². The van der Waals surface area contributed by atoms with Crippen LogP contribution in [0, 0.1) is 5.41 Å². The van der Waals surface area contributed by atoms with Crippen LogP contribution in [0.3, 0.4) is 0 Å². The summed E-state index contributed by atoms with van der Waals surface area (Å²) < 4.78 is 170. The van der Waals surface area contributed by atoms with Gasteiger partial charge in [-0.3, -0.25) is 4.79 Å². The SMILES string of the molecule is CCC(C)(C)C(=O)N1CC1C(F)(F)C(F)(F)C(F)(F)C(F)(F)C(F)(F)C(F)(F)F. The first-order valence-electron chi connectivity index (χ1n) is 7.72. The normalized spacial score (nSPS) is 20.1. The standard InChI is InChI=1S/C14H14F13NO/c1-4-8(2,3)7(29)28-5-6(28)9(15,16)10(17,18)11(19,20)12(21,22)13(23,24)14(25,26)27/h6H,4-5H2,1-3H3. The molecule has 1 atom stereocenters. The lowest BCUT2D eigenvalue weighted by Crippen LogP contribution is -2.71. The highest BCUT2D eigenvalue weighted by Crippen LogP contribution is 2.62. The maximum absolute atomic E-state index is 13.9. The number of rotatable bonds is 7. The molecule has 0 spiro atoms. The average Bonchev–Trinajstić information content (AvgIpc) is 3.33. The van der Waals surface area contributed by atoms with Crippen molar-refractivity contribution in [3.63, 3.8) is 0 Å². The van der Waals surface area contributed by atoms with E-state index in [-0.39, 0.29) is 11.3 Å². The molecule has 0 bridgehead atoms. The van der Waals surface area contributed by atoms with E-state index < -0.39 is 59.7 Å².